The Labute approximate surface area is 227 Å². The SMILES string of the molecule is Cc1cccc(-c2cc(C(=O)N/N=C/c3c(Cl)c4ccccc4oc3=O)nn2-c2ccc(S(N)(=O)=O)cc2)c1. The lowest BCUT2D eigenvalue weighted by Crippen LogP contribution is -2.19. The minimum absolute atomic E-state index is 0.0170. The van der Waals surface area contributed by atoms with Crippen LogP contribution in [-0.4, -0.2) is 30.3 Å². The highest BCUT2D eigenvalue weighted by Gasteiger charge is 2.18. The van der Waals surface area contributed by atoms with Gasteiger partial charge < -0.3 is 4.42 Å². The molecule has 1 amide bonds. The highest BCUT2D eigenvalue weighted by atomic mass is 35.5. The maximum absolute atomic E-state index is 13.0. The first-order valence-corrected chi connectivity index (χ1v) is 13.4. The third-order valence-electron chi connectivity index (χ3n) is 5.81. The largest absolute Gasteiger partial charge is 0.422 e. The van der Waals surface area contributed by atoms with Gasteiger partial charge in [0.15, 0.2) is 5.69 Å². The van der Waals surface area contributed by atoms with E-state index in [1.54, 1.807) is 30.3 Å². The number of carbonyl (C=O) groups excluding carboxylic acids is 1. The molecule has 0 radical (unpaired) electrons. The van der Waals surface area contributed by atoms with Crippen molar-refractivity contribution in [2.45, 2.75) is 11.8 Å². The normalized spacial score (nSPS) is 11.8. The van der Waals surface area contributed by atoms with Crippen LogP contribution in [0.3, 0.4) is 0 Å². The minimum atomic E-state index is -3.88. The highest BCUT2D eigenvalue weighted by molar-refractivity contribution is 7.89. The van der Waals surface area contributed by atoms with Crippen LogP contribution in [0.15, 0.2) is 98.1 Å². The van der Waals surface area contributed by atoms with E-state index in [1.807, 2.05) is 31.2 Å². The first-order chi connectivity index (χ1) is 18.6. The summed E-state index contributed by atoms with van der Waals surface area (Å²) in [5, 5.41) is 14.2. The predicted octanol–water partition coefficient (Wildman–Crippen LogP) is 4.02. The Kier molecular flexibility index (Phi) is 6.87. The standard InChI is InChI=1S/C27H20ClN5O5S/c1-16-5-4-6-17(13-16)23-14-22(32-33(23)18-9-11-19(12-10-18)39(29,36)37)26(34)31-30-15-21-25(28)20-7-2-3-8-24(20)38-27(21)35/h2-15H,1H3,(H,31,34)(H2,29,36,37)/b30-15+. The second-order valence-electron chi connectivity index (χ2n) is 8.55. The third-order valence-corrected chi connectivity index (χ3v) is 7.14. The number of halogens is 1. The first-order valence-electron chi connectivity index (χ1n) is 11.5. The minimum Gasteiger partial charge on any atom is -0.422 e. The van der Waals surface area contributed by atoms with Gasteiger partial charge in [0.1, 0.15) is 5.58 Å². The summed E-state index contributed by atoms with van der Waals surface area (Å²) in [7, 11) is -3.88. The lowest BCUT2D eigenvalue weighted by Gasteiger charge is -2.09. The molecule has 5 rings (SSSR count). The Morgan fingerprint density at radius 3 is 2.54 bits per heavy atom. The van der Waals surface area contributed by atoms with Gasteiger partial charge in [-0.2, -0.15) is 10.2 Å². The van der Waals surface area contributed by atoms with E-state index in [1.165, 1.54) is 28.9 Å². The summed E-state index contributed by atoms with van der Waals surface area (Å²) in [5.41, 5.74) is 4.84. The molecule has 0 aliphatic carbocycles. The Morgan fingerprint density at radius 2 is 1.82 bits per heavy atom. The highest BCUT2D eigenvalue weighted by Crippen LogP contribution is 2.26. The van der Waals surface area contributed by atoms with Crippen LogP contribution >= 0.6 is 11.6 Å². The van der Waals surface area contributed by atoms with E-state index in [0.29, 0.717) is 22.4 Å². The molecule has 39 heavy (non-hydrogen) atoms. The summed E-state index contributed by atoms with van der Waals surface area (Å²) in [6.45, 7) is 1.93. The average molecular weight is 562 g/mol. The number of hydrogen-bond acceptors (Lipinski definition) is 7. The summed E-state index contributed by atoms with van der Waals surface area (Å²) < 4.78 is 30.1. The number of fused-ring (bicyclic) bond motifs is 1. The lowest BCUT2D eigenvalue weighted by atomic mass is 10.1. The van der Waals surface area contributed by atoms with Crippen molar-refractivity contribution in [1.29, 1.82) is 0 Å². The molecule has 0 bridgehead atoms. The number of hydrogen-bond donors (Lipinski definition) is 2. The number of primary sulfonamides is 1. The molecular weight excluding hydrogens is 542 g/mol. The maximum Gasteiger partial charge on any atom is 0.346 e. The van der Waals surface area contributed by atoms with Crippen molar-refractivity contribution in [2.24, 2.45) is 10.2 Å². The van der Waals surface area contributed by atoms with E-state index in [2.05, 4.69) is 15.6 Å². The smallest absolute Gasteiger partial charge is 0.346 e. The fraction of sp³-hybridized carbons (Fsp3) is 0.0370. The maximum atomic E-state index is 13.0. The summed E-state index contributed by atoms with van der Waals surface area (Å²) in [5.74, 6) is -0.652. The molecule has 2 aromatic heterocycles. The number of hydrazone groups is 1. The first kappa shape index (κ1) is 26.0. The molecule has 3 N–H and O–H groups in total. The Bertz CT molecular complexity index is 1930. The second-order valence-corrected chi connectivity index (χ2v) is 10.5. The Hall–Kier alpha value is -4.58. The molecule has 0 saturated heterocycles. The van der Waals surface area contributed by atoms with E-state index < -0.39 is 21.6 Å². The van der Waals surface area contributed by atoms with Crippen LogP contribution in [0.25, 0.3) is 27.9 Å². The molecule has 3 aromatic carbocycles. The fourth-order valence-corrected chi connectivity index (χ4v) is 4.72. The predicted molar refractivity (Wildman–Crippen MR) is 148 cm³/mol. The van der Waals surface area contributed by atoms with Crippen LogP contribution in [0.1, 0.15) is 21.6 Å². The van der Waals surface area contributed by atoms with Crippen molar-refractivity contribution in [2.75, 3.05) is 0 Å². The zero-order valence-electron chi connectivity index (χ0n) is 20.3. The molecule has 5 aromatic rings. The molecular formula is C27H20ClN5O5S. The van der Waals surface area contributed by atoms with Gasteiger partial charge >= 0.3 is 5.63 Å². The van der Waals surface area contributed by atoms with Crippen molar-refractivity contribution in [1.82, 2.24) is 15.2 Å². The molecule has 0 saturated carbocycles. The summed E-state index contributed by atoms with van der Waals surface area (Å²) in [4.78, 5) is 25.3. The zero-order valence-corrected chi connectivity index (χ0v) is 21.9. The molecule has 0 aliphatic rings. The van der Waals surface area contributed by atoms with Crippen LogP contribution in [0.4, 0.5) is 0 Å². The summed E-state index contributed by atoms with van der Waals surface area (Å²) >= 11 is 6.37. The van der Waals surface area contributed by atoms with Crippen molar-refractivity contribution in [3.05, 3.63) is 111 Å². The molecule has 0 unspecified atom stereocenters. The van der Waals surface area contributed by atoms with Gasteiger partial charge in [-0.3, -0.25) is 4.79 Å². The van der Waals surface area contributed by atoms with Crippen LogP contribution in [0, 0.1) is 6.92 Å². The van der Waals surface area contributed by atoms with E-state index in [4.69, 9.17) is 21.2 Å². The number of nitrogens with zero attached hydrogens (tertiary/aromatic N) is 3. The second kappa shape index (κ2) is 10.3. The Balaban J connectivity index is 1.48. The number of nitrogens with one attached hydrogen (secondary N) is 1. The zero-order chi connectivity index (χ0) is 27.7. The quantitative estimate of drug-likeness (QED) is 0.182. The van der Waals surface area contributed by atoms with Crippen LogP contribution in [0.5, 0.6) is 0 Å². The van der Waals surface area contributed by atoms with Gasteiger partial charge in [0.2, 0.25) is 10.0 Å². The molecule has 0 spiro atoms. The van der Waals surface area contributed by atoms with Gasteiger partial charge in [-0.25, -0.2) is 28.5 Å². The number of amides is 1. The van der Waals surface area contributed by atoms with Crippen LogP contribution < -0.4 is 16.2 Å². The van der Waals surface area contributed by atoms with Crippen molar-refractivity contribution < 1.29 is 17.6 Å². The van der Waals surface area contributed by atoms with Crippen LogP contribution in [0.2, 0.25) is 5.02 Å². The number of para-hydroxylation sites is 1. The third kappa shape index (κ3) is 5.36. The molecule has 0 atom stereocenters. The molecule has 10 nitrogen and oxygen atoms in total. The van der Waals surface area contributed by atoms with Gasteiger partial charge in [-0.15, -0.1) is 0 Å². The lowest BCUT2D eigenvalue weighted by molar-refractivity contribution is 0.0949. The van der Waals surface area contributed by atoms with E-state index in [0.717, 1.165) is 17.3 Å². The van der Waals surface area contributed by atoms with Crippen LogP contribution in [-0.2, 0) is 10.0 Å². The van der Waals surface area contributed by atoms with E-state index >= 15 is 0 Å². The van der Waals surface area contributed by atoms with Crippen molar-refractivity contribution in [3.8, 4) is 16.9 Å². The summed E-state index contributed by atoms with van der Waals surface area (Å²) in [6.07, 6.45) is 1.11. The fourth-order valence-electron chi connectivity index (χ4n) is 3.92. The number of rotatable bonds is 6. The number of nitrogens with two attached hydrogens (primary N) is 1. The topological polar surface area (TPSA) is 150 Å². The van der Waals surface area contributed by atoms with Gasteiger partial charge in [0.05, 0.1) is 33.1 Å². The number of aryl methyl sites for hydroxylation is 1. The number of benzene rings is 3. The van der Waals surface area contributed by atoms with E-state index in [-0.39, 0.29) is 21.2 Å². The van der Waals surface area contributed by atoms with Crippen molar-refractivity contribution >= 4 is 44.7 Å². The molecule has 0 aliphatic heterocycles. The van der Waals surface area contributed by atoms with Gasteiger partial charge in [0.25, 0.3) is 5.91 Å². The molecule has 0 fully saturated rings. The molecule has 2 heterocycles. The van der Waals surface area contributed by atoms with Gasteiger partial charge in [0, 0.05) is 10.9 Å². The average Bonchev–Trinajstić information content (AvgIpc) is 3.36. The Morgan fingerprint density at radius 1 is 1.08 bits per heavy atom. The number of aromatic nitrogens is 2. The summed E-state index contributed by atoms with van der Waals surface area (Å²) in [6, 6.07) is 21.7. The number of carbonyl (C=O) groups is 1. The van der Waals surface area contributed by atoms with E-state index in [9.17, 15) is 18.0 Å². The molecule has 196 valence electrons. The number of sulfonamides is 1. The van der Waals surface area contributed by atoms with Gasteiger partial charge in [-0.05, 0) is 55.5 Å². The monoisotopic (exact) mass is 561 g/mol. The van der Waals surface area contributed by atoms with Gasteiger partial charge in [-0.1, -0.05) is 47.5 Å². The molecule has 12 heteroatoms. The van der Waals surface area contributed by atoms with Crippen molar-refractivity contribution in [3.63, 3.8) is 0 Å².